The van der Waals surface area contributed by atoms with Crippen molar-refractivity contribution in [2.75, 3.05) is 18.4 Å². The molecule has 1 N–H and O–H groups in total. The van der Waals surface area contributed by atoms with Crippen LogP contribution >= 0.6 is 0 Å². The van der Waals surface area contributed by atoms with Gasteiger partial charge in [-0.3, -0.25) is 19.4 Å². The molecule has 2 fully saturated rings. The van der Waals surface area contributed by atoms with Crippen LogP contribution in [0.25, 0.3) is 11.3 Å². The molecule has 0 saturated carbocycles. The lowest BCUT2D eigenvalue weighted by molar-refractivity contribution is -0.123. The number of nitrogens with zero attached hydrogens (tertiary/aromatic N) is 3. The van der Waals surface area contributed by atoms with Crippen molar-refractivity contribution in [3.05, 3.63) is 83.6 Å². The van der Waals surface area contributed by atoms with E-state index in [4.69, 9.17) is 0 Å². The van der Waals surface area contributed by atoms with Crippen molar-refractivity contribution in [3.8, 4) is 11.3 Å². The summed E-state index contributed by atoms with van der Waals surface area (Å²) in [5.41, 5.74) is 1.52. The van der Waals surface area contributed by atoms with Crippen LogP contribution < -0.4 is 5.32 Å². The molecule has 1 aromatic heterocycles. The lowest BCUT2D eigenvalue weighted by Gasteiger charge is -2.26. The number of fused-ring (bicyclic) bond motifs is 1. The summed E-state index contributed by atoms with van der Waals surface area (Å²) in [5.74, 6) is -2.45. The van der Waals surface area contributed by atoms with Crippen LogP contribution in [-0.4, -0.2) is 57.7 Å². The minimum absolute atomic E-state index is 0.110. The number of aromatic nitrogens is 1. The summed E-state index contributed by atoms with van der Waals surface area (Å²) < 4.78 is 27.4. The van der Waals surface area contributed by atoms with Gasteiger partial charge in [-0.1, -0.05) is 20.8 Å². The molecule has 0 spiro atoms. The number of nitrogens with one attached hydrogen (secondary N) is 1. The van der Waals surface area contributed by atoms with Crippen LogP contribution in [0.4, 0.5) is 14.5 Å². The molecule has 0 radical (unpaired) electrons. The Morgan fingerprint density at radius 2 is 1.51 bits per heavy atom. The van der Waals surface area contributed by atoms with Crippen molar-refractivity contribution in [2.45, 2.75) is 45.7 Å². The van der Waals surface area contributed by atoms with Crippen LogP contribution in [0.15, 0.2) is 60.8 Å². The summed E-state index contributed by atoms with van der Waals surface area (Å²) in [7, 11) is 0. The summed E-state index contributed by atoms with van der Waals surface area (Å²) in [6.45, 7) is 6.48. The van der Waals surface area contributed by atoms with Crippen molar-refractivity contribution in [1.82, 2.24) is 14.8 Å². The van der Waals surface area contributed by atoms with E-state index >= 15 is 0 Å². The molecule has 9 heteroatoms. The molecule has 3 amide bonds. The lowest BCUT2D eigenvalue weighted by Crippen LogP contribution is -2.41. The molecule has 0 unspecified atom stereocenters. The first kappa shape index (κ1) is 26.5. The van der Waals surface area contributed by atoms with Gasteiger partial charge in [0.05, 0.1) is 23.3 Å². The number of hydrogen-bond donors (Lipinski definition) is 1. The maximum atomic E-state index is 13.9. The smallest absolute Gasteiger partial charge is 0.256 e. The minimum atomic E-state index is -1.01. The molecule has 0 aliphatic carbocycles. The molecule has 7 nitrogen and oxygen atoms in total. The number of rotatable bonds is 4. The first-order valence-corrected chi connectivity index (χ1v) is 13.0. The van der Waals surface area contributed by atoms with Gasteiger partial charge in [0.15, 0.2) is 11.6 Å². The van der Waals surface area contributed by atoms with Crippen molar-refractivity contribution in [1.29, 1.82) is 0 Å². The summed E-state index contributed by atoms with van der Waals surface area (Å²) in [4.78, 5) is 47.2. The van der Waals surface area contributed by atoms with E-state index in [-0.39, 0.29) is 35.5 Å². The maximum Gasteiger partial charge on any atom is 0.256 e. The number of anilines is 1. The Bertz CT molecular complexity index is 1430. The zero-order valence-electron chi connectivity index (χ0n) is 22.1. The molecule has 2 aliphatic heterocycles. The van der Waals surface area contributed by atoms with Gasteiger partial charge in [-0.25, -0.2) is 8.78 Å². The number of pyridine rings is 1. The first-order chi connectivity index (χ1) is 18.5. The molecule has 3 aromatic rings. The highest BCUT2D eigenvalue weighted by Crippen LogP contribution is 2.35. The topological polar surface area (TPSA) is 82.6 Å². The Balaban J connectivity index is 1.30. The third-order valence-electron chi connectivity index (χ3n) is 7.40. The fourth-order valence-electron chi connectivity index (χ4n) is 5.28. The van der Waals surface area contributed by atoms with Gasteiger partial charge < -0.3 is 15.1 Å². The Hall–Kier alpha value is -4.14. The van der Waals surface area contributed by atoms with Gasteiger partial charge in [-0.2, -0.15) is 0 Å². The summed E-state index contributed by atoms with van der Waals surface area (Å²) in [6.07, 6.45) is 2.79. The first-order valence-electron chi connectivity index (χ1n) is 13.0. The van der Waals surface area contributed by atoms with Crippen molar-refractivity contribution in [2.24, 2.45) is 5.41 Å². The van der Waals surface area contributed by atoms with Gasteiger partial charge in [0.25, 0.3) is 11.8 Å². The maximum absolute atomic E-state index is 13.9. The molecule has 2 saturated heterocycles. The second-order valence-corrected chi connectivity index (χ2v) is 11.0. The number of amides is 3. The van der Waals surface area contributed by atoms with E-state index in [2.05, 4.69) is 10.3 Å². The summed E-state index contributed by atoms with van der Waals surface area (Å²) >= 11 is 0. The van der Waals surface area contributed by atoms with Gasteiger partial charge in [0.2, 0.25) is 5.91 Å². The molecule has 3 heterocycles. The summed E-state index contributed by atoms with van der Waals surface area (Å²) in [6, 6.07) is 13.3. The fraction of sp³-hybridized carbons (Fsp3) is 0.333. The number of halogens is 2. The van der Waals surface area contributed by atoms with Gasteiger partial charge in [0, 0.05) is 41.5 Å². The minimum Gasteiger partial charge on any atom is -0.333 e. The Morgan fingerprint density at radius 1 is 0.872 bits per heavy atom. The molecule has 5 rings (SSSR count). The quantitative estimate of drug-likeness (QED) is 0.505. The van der Waals surface area contributed by atoms with Crippen LogP contribution in [-0.2, 0) is 4.79 Å². The van der Waals surface area contributed by atoms with Crippen LogP contribution in [0.5, 0.6) is 0 Å². The third-order valence-corrected chi connectivity index (χ3v) is 7.40. The van der Waals surface area contributed by atoms with E-state index in [1.807, 2.05) is 25.7 Å². The van der Waals surface area contributed by atoms with Crippen molar-refractivity contribution < 1.29 is 23.2 Å². The highest BCUT2D eigenvalue weighted by molar-refractivity contribution is 6.01. The zero-order valence-corrected chi connectivity index (χ0v) is 22.1. The molecule has 39 heavy (non-hydrogen) atoms. The van der Waals surface area contributed by atoms with Gasteiger partial charge in [-0.05, 0) is 67.4 Å². The molecular weight excluding hydrogens is 502 g/mol. The average Bonchev–Trinajstić information content (AvgIpc) is 3.52. The number of likely N-dealkylation sites (tertiary alicyclic amines) is 2. The van der Waals surface area contributed by atoms with Gasteiger partial charge >= 0.3 is 0 Å². The Labute approximate surface area is 225 Å². The second kappa shape index (κ2) is 10.2. The molecule has 2 atom stereocenters. The highest BCUT2D eigenvalue weighted by Gasteiger charge is 2.46. The number of hydrogen-bond acceptors (Lipinski definition) is 4. The largest absolute Gasteiger partial charge is 0.333 e. The molecule has 2 aromatic carbocycles. The Kier molecular flexibility index (Phi) is 6.92. The third kappa shape index (κ3) is 5.13. The van der Waals surface area contributed by atoms with E-state index in [0.29, 0.717) is 48.3 Å². The fourth-order valence-corrected chi connectivity index (χ4v) is 5.28. The summed E-state index contributed by atoms with van der Waals surface area (Å²) in [5, 5.41) is 2.86. The molecule has 0 bridgehead atoms. The van der Waals surface area contributed by atoms with Crippen LogP contribution in [0.3, 0.4) is 0 Å². The molecule has 2 aliphatic rings. The van der Waals surface area contributed by atoms with Gasteiger partial charge in [-0.15, -0.1) is 0 Å². The number of carbonyl (C=O) groups excluding carboxylic acids is 3. The van der Waals surface area contributed by atoms with E-state index < -0.39 is 17.0 Å². The van der Waals surface area contributed by atoms with E-state index in [1.54, 1.807) is 41.3 Å². The van der Waals surface area contributed by atoms with Crippen LogP contribution in [0.1, 0.15) is 54.3 Å². The van der Waals surface area contributed by atoms with Gasteiger partial charge in [0.1, 0.15) is 0 Å². The van der Waals surface area contributed by atoms with E-state index in [0.717, 1.165) is 12.1 Å². The van der Waals surface area contributed by atoms with Crippen molar-refractivity contribution in [3.63, 3.8) is 0 Å². The number of benzene rings is 2. The van der Waals surface area contributed by atoms with E-state index in [9.17, 15) is 23.2 Å². The van der Waals surface area contributed by atoms with Crippen molar-refractivity contribution >= 4 is 23.4 Å². The monoisotopic (exact) mass is 532 g/mol. The lowest BCUT2D eigenvalue weighted by atomic mass is 9.95. The normalized spacial score (nSPS) is 18.7. The van der Waals surface area contributed by atoms with E-state index in [1.165, 1.54) is 12.3 Å². The molecule has 202 valence electrons. The van der Waals surface area contributed by atoms with Crippen LogP contribution in [0.2, 0.25) is 0 Å². The molecular formula is C30H30F2N4O3. The predicted molar refractivity (Wildman–Crippen MR) is 143 cm³/mol. The average molecular weight is 533 g/mol. The number of carbonyl (C=O) groups is 3. The van der Waals surface area contributed by atoms with Crippen LogP contribution in [0, 0.1) is 17.0 Å². The predicted octanol–water partition coefficient (Wildman–Crippen LogP) is 5.14. The SMILES string of the molecule is CC(C)(C)C(=O)Nc1ccc(C(=O)N2CC[C@H]3[C@H]2CCN3C(=O)c2cccnc2-c2ccc(F)c(F)c2)cc1. The Morgan fingerprint density at radius 3 is 2.13 bits per heavy atom. The standard InChI is InChI=1S/C30H30F2N4O3/c1-30(2,3)29(39)34-20-9-6-18(7-10-20)27(37)35-15-12-25-24(35)13-16-36(25)28(38)21-5-4-14-33-26(21)19-8-11-22(31)23(32)17-19/h4-11,14,17,24-25H,12-13,15-16H2,1-3H3,(H,34,39)/t24-,25+/m1/s1. The second-order valence-electron chi connectivity index (χ2n) is 11.0. The zero-order chi connectivity index (χ0) is 27.9. The highest BCUT2D eigenvalue weighted by atomic mass is 19.2.